The van der Waals surface area contributed by atoms with E-state index in [0.717, 1.165) is 6.42 Å². The molecule has 0 saturated carbocycles. The SMILES string of the molecule is C[C@@H]1C[C@@H](c2ccccc2)N(C)C1=O. The van der Waals surface area contributed by atoms with Crippen LogP contribution in [0.2, 0.25) is 0 Å². The van der Waals surface area contributed by atoms with Crippen LogP contribution in [-0.2, 0) is 4.79 Å². The molecule has 1 aliphatic rings. The highest BCUT2D eigenvalue weighted by atomic mass is 16.2. The van der Waals surface area contributed by atoms with Crippen molar-refractivity contribution in [1.82, 2.24) is 4.90 Å². The van der Waals surface area contributed by atoms with Crippen LogP contribution in [0.3, 0.4) is 0 Å². The van der Waals surface area contributed by atoms with Crippen LogP contribution in [0.4, 0.5) is 0 Å². The third-order valence-corrected chi connectivity index (χ3v) is 3.00. The van der Waals surface area contributed by atoms with Gasteiger partial charge >= 0.3 is 0 Å². The maximum atomic E-state index is 11.6. The average Bonchev–Trinajstić information content (AvgIpc) is 2.47. The summed E-state index contributed by atoms with van der Waals surface area (Å²) in [5, 5.41) is 0. The first-order valence-electron chi connectivity index (χ1n) is 5.02. The van der Waals surface area contributed by atoms with E-state index < -0.39 is 0 Å². The molecule has 0 bridgehead atoms. The molecule has 2 nitrogen and oxygen atoms in total. The van der Waals surface area contributed by atoms with E-state index in [1.54, 1.807) is 0 Å². The fourth-order valence-corrected chi connectivity index (χ4v) is 2.13. The van der Waals surface area contributed by atoms with Gasteiger partial charge in [0.15, 0.2) is 0 Å². The maximum Gasteiger partial charge on any atom is 0.225 e. The summed E-state index contributed by atoms with van der Waals surface area (Å²) >= 11 is 0. The zero-order valence-electron chi connectivity index (χ0n) is 8.60. The van der Waals surface area contributed by atoms with Crippen molar-refractivity contribution in [3.05, 3.63) is 35.9 Å². The lowest BCUT2D eigenvalue weighted by Crippen LogP contribution is -2.24. The molecule has 1 aromatic carbocycles. The smallest absolute Gasteiger partial charge is 0.225 e. The van der Waals surface area contributed by atoms with Crippen molar-refractivity contribution in [3.63, 3.8) is 0 Å². The molecular formula is C12H15NO. The van der Waals surface area contributed by atoms with Gasteiger partial charge in [-0.1, -0.05) is 37.3 Å². The van der Waals surface area contributed by atoms with Gasteiger partial charge < -0.3 is 4.90 Å². The molecule has 0 radical (unpaired) electrons. The Bertz CT molecular complexity index is 333. The number of likely N-dealkylation sites (tertiary alicyclic amines) is 1. The number of rotatable bonds is 1. The van der Waals surface area contributed by atoms with Gasteiger partial charge in [0.25, 0.3) is 0 Å². The summed E-state index contributed by atoms with van der Waals surface area (Å²) in [6.07, 6.45) is 0.944. The molecule has 1 saturated heterocycles. The molecule has 0 aromatic heterocycles. The molecule has 0 N–H and O–H groups in total. The fraction of sp³-hybridized carbons (Fsp3) is 0.417. The molecule has 1 heterocycles. The van der Waals surface area contributed by atoms with Gasteiger partial charge in [-0.25, -0.2) is 0 Å². The average molecular weight is 189 g/mol. The van der Waals surface area contributed by atoms with Gasteiger partial charge in [-0.2, -0.15) is 0 Å². The highest BCUT2D eigenvalue weighted by Crippen LogP contribution is 2.34. The van der Waals surface area contributed by atoms with Gasteiger partial charge in [0.1, 0.15) is 0 Å². The van der Waals surface area contributed by atoms with E-state index in [1.807, 2.05) is 37.1 Å². The van der Waals surface area contributed by atoms with Gasteiger partial charge in [0.2, 0.25) is 5.91 Å². The minimum Gasteiger partial charge on any atom is -0.338 e. The Morgan fingerprint density at radius 3 is 2.43 bits per heavy atom. The first-order valence-corrected chi connectivity index (χ1v) is 5.02. The summed E-state index contributed by atoms with van der Waals surface area (Å²) in [6.45, 7) is 2.00. The highest BCUT2D eigenvalue weighted by Gasteiger charge is 2.34. The standard InChI is InChI=1S/C12H15NO/c1-9-8-11(13(2)12(9)14)10-6-4-3-5-7-10/h3-7,9,11H,8H2,1-2H3/t9-,11+/m1/s1. The van der Waals surface area contributed by atoms with Crippen molar-refractivity contribution in [2.75, 3.05) is 7.05 Å². The van der Waals surface area contributed by atoms with Crippen LogP contribution < -0.4 is 0 Å². The van der Waals surface area contributed by atoms with E-state index >= 15 is 0 Å². The van der Waals surface area contributed by atoms with Gasteiger partial charge in [0.05, 0.1) is 6.04 Å². The Kier molecular flexibility index (Phi) is 2.28. The van der Waals surface area contributed by atoms with Crippen LogP contribution in [0.15, 0.2) is 30.3 Å². The zero-order valence-corrected chi connectivity index (χ0v) is 8.60. The molecule has 1 aromatic rings. The summed E-state index contributed by atoms with van der Waals surface area (Å²) in [5.41, 5.74) is 1.24. The lowest BCUT2D eigenvalue weighted by Gasteiger charge is -2.19. The van der Waals surface area contributed by atoms with Crippen molar-refractivity contribution in [2.45, 2.75) is 19.4 Å². The number of nitrogens with zero attached hydrogens (tertiary/aromatic N) is 1. The monoisotopic (exact) mass is 189 g/mol. The van der Waals surface area contributed by atoms with Crippen LogP contribution in [0.5, 0.6) is 0 Å². The third kappa shape index (κ3) is 1.41. The Balaban J connectivity index is 2.26. The quantitative estimate of drug-likeness (QED) is 0.663. The van der Waals surface area contributed by atoms with Crippen molar-refractivity contribution < 1.29 is 4.79 Å². The van der Waals surface area contributed by atoms with Gasteiger partial charge in [-0.05, 0) is 12.0 Å². The summed E-state index contributed by atoms with van der Waals surface area (Å²) in [5.74, 6) is 0.434. The van der Waals surface area contributed by atoms with E-state index in [-0.39, 0.29) is 17.9 Å². The summed E-state index contributed by atoms with van der Waals surface area (Å²) < 4.78 is 0. The predicted octanol–water partition coefficient (Wildman–Crippen LogP) is 2.23. The molecule has 0 aliphatic carbocycles. The number of hydrogen-bond donors (Lipinski definition) is 0. The van der Waals surface area contributed by atoms with E-state index in [0.29, 0.717) is 0 Å². The Morgan fingerprint density at radius 2 is 1.93 bits per heavy atom. The first-order chi connectivity index (χ1) is 6.70. The van der Waals surface area contributed by atoms with E-state index in [9.17, 15) is 4.79 Å². The second kappa shape index (κ2) is 3.45. The highest BCUT2D eigenvalue weighted by molar-refractivity contribution is 5.81. The van der Waals surface area contributed by atoms with Crippen LogP contribution in [-0.4, -0.2) is 17.9 Å². The van der Waals surface area contributed by atoms with Crippen molar-refractivity contribution >= 4 is 5.91 Å². The van der Waals surface area contributed by atoms with E-state index in [4.69, 9.17) is 0 Å². The molecule has 0 spiro atoms. The fourth-order valence-electron chi connectivity index (χ4n) is 2.13. The number of hydrogen-bond acceptors (Lipinski definition) is 1. The molecule has 2 heteroatoms. The Morgan fingerprint density at radius 1 is 1.29 bits per heavy atom. The van der Waals surface area contributed by atoms with Crippen LogP contribution in [0.1, 0.15) is 24.9 Å². The topological polar surface area (TPSA) is 20.3 Å². The minimum atomic E-state index is 0.171. The van der Waals surface area contributed by atoms with Crippen LogP contribution in [0.25, 0.3) is 0 Å². The Hall–Kier alpha value is -1.31. The largest absolute Gasteiger partial charge is 0.338 e. The third-order valence-electron chi connectivity index (χ3n) is 3.00. The van der Waals surface area contributed by atoms with Crippen molar-refractivity contribution in [3.8, 4) is 0 Å². The second-order valence-electron chi connectivity index (χ2n) is 4.01. The summed E-state index contributed by atoms with van der Waals surface area (Å²) in [4.78, 5) is 13.5. The van der Waals surface area contributed by atoms with Crippen LogP contribution in [0, 0.1) is 5.92 Å². The molecule has 1 amide bonds. The summed E-state index contributed by atoms with van der Waals surface area (Å²) in [7, 11) is 1.89. The number of amides is 1. The van der Waals surface area contributed by atoms with Crippen molar-refractivity contribution in [2.24, 2.45) is 5.92 Å². The zero-order chi connectivity index (χ0) is 10.1. The number of carbonyl (C=O) groups excluding carboxylic acids is 1. The molecular weight excluding hydrogens is 174 g/mol. The Labute approximate surface area is 84.5 Å². The molecule has 14 heavy (non-hydrogen) atoms. The molecule has 74 valence electrons. The van der Waals surface area contributed by atoms with E-state index in [1.165, 1.54) is 5.56 Å². The lowest BCUT2D eigenvalue weighted by molar-refractivity contribution is -0.130. The van der Waals surface area contributed by atoms with Gasteiger partial charge in [0, 0.05) is 13.0 Å². The maximum absolute atomic E-state index is 11.6. The van der Waals surface area contributed by atoms with Gasteiger partial charge in [-0.3, -0.25) is 4.79 Å². The minimum absolute atomic E-state index is 0.171. The summed E-state index contributed by atoms with van der Waals surface area (Å²) in [6, 6.07) is 10.5. The molecule has 1 fully saturated rings. The number of benzene rings is 1. The number of carbonyl (C=O) groups is 1. The van der Waals surface area contributed by atoms with Crippen LogP contribution >= 0.6 is 0 Å². The van der Waals surface area contributed by atoms with Gasteiger partial charge in [-0.15, -0.1) is 0 Å². The molecule has 1 aliphatic heterocycles. The molecule has 0 unspecified atom stereocenters. The lowest BCUT2D eigenvalue weighted by atomic mass is 10.0. The predicted molar refractivity (Wildman–Crippen MR) is 55.7 cm³/mol. The molecule has 2 rings (SSSR count). The van der Waals surface area contributed by atoms with Crippen molar-refractivity contribution in [1.29, 1.82) is 0 Å². The second-order valence-corrected chi connectivity index (χ2v) is 4.01. The molecule has 2 atom stereocenters. The normalized spacial score (nSPS) is 27.0. The first kappa shape index (κ1) is 9.25. The van der Waals surface area contributed by atoms with E-state index in [2.05, 4.69) is 12.1 Å².